The van der Waals surface area contributed by atoms with E-state index in [4.69, 9.17) is 17.0 Å². The van der Waals surface area contributed by atoms with E-state index < -0.39 is 10.7 Å². The summed E-state index contributed by atoms with van der Waals surface area (Å²) in [6.07, 6.45) is 1.36. The number of hydrazone groups is 1. The Bertz CT molecular complexity index is 793. The van der Waals surface area contributed by atoms with E-state index in [1.54, 1.807) is 0 Å². The van der Waals surface area contributed by atoms with Crippen LogP contribution in [0.3, 0.4) is 0 Å². The molecule has 3 N–H and O–H groups in total. The molecular formula is C16H16N4O4S. The maximum atomic E-state index is 10.8. The first kappa shape index (κ1) is 18.1. The molecule has 0 aromatic heterocycles. The number of nitro groups is 1. The summed E-state index contributed by atoms with van der Waals surface area (Å²) in [6.45, 7) is 2.50. The number of rotatable bonds is 6. The Balaban J connectivity index is 1.92. The normalized spacial score (nSPS) is 10.4. The third kappa shape index (κ3) is 5.43. The second-order valence-electron chi connectivity index (χ2n) is 4.79. The number of nitro benzene ring substituents is 1. The third-order valence-electron chi connectivity index (χ3n) is 3.00. The molecule has 0 aliphatic carbocycles. The summed E-state index contributed by atoms with van der Waals surface area (Å²) in [5.74, 6) is 0.363. The lowest BCUT2D eigenvalue weighted by Gasteiger charge is -2.08. The van der Waals surface area contributed by atoms with Crippen molar-refractivity contribution in [3.63, 3.8) is 0 Å². The van der Waals surface area contributed by atoms with E-state index in [2.05, 4.69) is 15.8 Å². The summed E-state index contributed by atoms with van der Waals surface area (Å²) in [4.78, 5) is 10.1. The van der Waals surface area contributed by atoms with Crippen molar-refractivity contribution in [2.24, 2.45) is 5.10 Å². The van der Waals surface area contributed by atoms with Crippen LogP contribution in [0.25, 0.3) is 0 Å². The molecule has 0 aliphatic rings. The highest BCUT2D eigenvalue weighted by atomic mass is 32.1. The Morgan fingerprint density at radius 1 is 1.36 bits per heavy atom. The summed E-state index contributed by atoms with van der Waals surface area (Å²) in [5.41, 5.74) is 3.42. The van der Waals surface area contributed by atoms with Crippen LogP contribution in [0, 0.1) is 10.1 Å². The van der Waals surface area contributed by atoms with Gasteiger partial charge in [0, 0.05) is 17.3 Å². The van der Waals surface area contributed by atoms with Crippen LogP contribution in [0.5, 0.6) is 11.5 Å². The zero-order valence-corrected chi connectivity index (χ0v) is 14.1. The predicted octanol–water partition coefficient (Wildman–Crippen LogP) is 3.02. The molecule has 0 radical (unpaired) electrons. The molecule has 2 rings (SSSR count). The number of hydrogen-bond acceptors (Lipinski definition) is 6. The molecule has 0 saturated carbocycles. The van der Waals surface area contributed by atoms with Crippen LogP contribution in [-0.4, -0.2) is 28.0 Å². The highest BCUT2D eigenvalue weighted by molar-refractivity contribution is 7.80. The summed E-state index contributed by atoms with van der Waals surface area (Å²) in [7, 11) is 0. The Morgan fingerprint density at radius 2 is 2.08 bits per heavy atom. The van der Waals surface area contributed by atoms with Crippen molar-refractivity contribution in [1.29, 1.82) is 0 Å². The molecule has 0 spiro atoms. The van der Waals surface area contributed by atoms with Crippen molar-refractivity contribution in [2.45, 2.75) is 6.92 Å². The quantitative estimate of drug-likeness (QED) is 0.314. The molecule has 0 unspecified atom stereocenters. The average molecular weight is 360 g/mol. The highest BCUT2D eigenvalue weighted by Crippen LogP contribution is 2.25. The van der Waals surface area contributed by atoms with Gasteiger partial charge in [-0.1, -0.05) is 0 Å². The van der Waals surface area contributed by atoms with E-state index in [0.29, 0.717) is 12.2 Å². The molecule has 130 valence electrons. The third-order valence-corrected chi connectivity index (χ3v) is 3.19. The molecule has 0 heterocycles. The van der Waals surface area contributed by atoms with Crippen LogP contribution in [0.2, 0.25) is 0 Å². The Kier molecular flexibility index (Phi) is 6.24. The number of nitrogens with one attached hydrogen (secondary N) is 2. The van der Waals surface area contributed by atoms with Crippen molar-refractivity contribution in [2.75, 3.05) is 11.9 Å². The number of nitrogens with zero attached hydrogens (tertiary/aromatic N) is 2. The van der Waals surface area contributed by atoms with E-state index >= 15 is 0 Å². The lowest BCUT2D eigenvalue weighted by Crippen LogP contribution is -2.23. The first-order chi connectivity index (χ1) is 12.0. The monoisotopic (exact) mass is 360 g/mol. The van der Waals surface area contributed by atoms with Crippen molar-refractivity contribution >= 4 is 34.9 Å². The van der Waals surface area contributed by atoms with E-state index in [-0.39, 0.29) is 10.8 Å². The van der Waals surface area contributed by atoms with Gasteiger partial charge in [-0.3, -0.25) is 15.5 Å². The largest absolute Gasteiger partial charge is 0.502 e. The SMILES string of the molecule is CCOc1ccc(NC(=S)N/N=C/c2ccc(O)c([N+](=O)[O-])c2)cc1. The Hall–Kier alpha value is -3.20. The number of hydrogen-bond donors (Lipinski definition) is 3. The molecule has 0 atom stereocenters. The number of aromatic hydroxyl groups is 1. The van der Waals surface area contributed by atoms with Crippen LogP contribution in [0.4, 0.5) is 11.4 Å². The fourth-order valence-electron chi connectivity index (χ4n) is 1.89. The number of thiocarbonyl (C=S) groups is 1. The van der Waals surface area contributed by atoms with Crippen molar-refractivity contribution in [3.8, 4) is 11.5 Å². The summed E-state index contributed by atoms with van der Waals surface area (Å²) in [6, 6.07) is 11.2. The molecule has 2 aromatic rings. The molecule has 9 heteroatoms. The van der Waals surface area contributed by atoms with Crippen LogP contribution in [0.15, 0.2) is 47.6 Å². The first-order valence-corrected chi connectivity index (χ1v) is 7.70. The van der Waals surface area contributed by atoms with Gasteiger partial charge in [-0.25, -0.2) is 0 Å². The molecule has 0 saturated heterocycles. The van der Waals surface area contributed by atoms with Gasteiger partial charge in [0.25, 0.3) is 0 Å². The number of phenolic OH excluding ortho intramolecular Hbond substituents is 1. The molecule has 0 fully saturated rings. The fourth-order valence-corrected chi connectivity index (χ4v) is 2.06. The maximum Gasteiger partial charge on any atom is 0.311 e. The Labute approximate surface area is 149 Å². The minimum Gasteiger partial charge on any atom is -0.502 e. The van der Waals surface area contributed by atoms with Crippen LogP contribution in [0.1, 0.15) is 12.5 Å². The highest BCUT2D eigenvalue weighted by Gasteiger charge is 2.12. The lowest BCUT2D eigenvalue weighted by atomic mass is 10.2. The molecule has 0 bridgehead atoms. The molecule has 8 nitrogen and oxygen atoms in total. The van der Waals surface area contributed by atoms with E-state index in [1.165, 1.54) is 24.4 Å². The average Bonchev–Trinajstić information content (AvgIpc) is 2.58. The van der Waals surface area contributed by atoms with Crippen molar-refractivity contribution in [1.82, 2.24) is 5.43 Å². The van der Waals surface area contributed by atoms with Gasteiger partial charge in [0.15, 0.2) is 10.9 Å². The first-order valence-electron chi connectivity index (χ1n) is 7.30. The molecule has 0 aliphatic heterocycles. The zero-order chi connectivity index (χ0) is 18.2. The molecule has 2 aromatic carbocycles. The smallest absolute Gasteiger partial charge is 0.311 e. The van der Waals surface area contributed by atoms with E-state index in [1.807, 2.05) is 31.2 Å². The van der Waals surface area contributed by atoms with Crippen LogP contribution >= 0.6 is 12.2 Å². The van der Waals surface area contributed by atoms with Gasteiger partial charge in [0.05, 0.1) is 17.7 Å². The van der Waals surface area contributed by atoms with Gasteiger partial charge in [-0.2, -0.15) is 5.10 Å². The second-order valence-corrected chi connectivity index (χ2v) is 5.20. The van der Waals surface area contributed by atoms with Gasteiger partial charge >= 0.3 is 5.69 Å². The van der Waals surface area contributed by atoms with Gasteiger partial charge < -0.3 is 15.2 Å². The summed E-state index contributed by atoms with van der Waals surface area (Å²) >= 11 is 5.11. The van der Waals surface area contributed by atoms with Crippen LogP contribution < -0.4 is 15.5 Å². The number of benzene rings is 2. The number of anilines is 1. The standard InChI is InChI=1S/C16H16N4O4S/c1-2-24-13-6-4-12(5-7-13)18-16(25)19-17-10-11-3-8-15(21)14(9-11)20(22)23/h3-10,21H,2H2,1H3,(H2,18,19,25)/b17-10+. The molecule has 25 heavy (non-hydrogen) atoms. The number of phenols is 1. The molecule has 0 amide bonds. The number of ether oxygens (including phenoxy) is 1. The van der Waals surface area contributed by atoms with Gasteiger partial charge in [-0.05, 0) is 55.5 Å². The second kappa shape index (κ2) is 8.60. The van der Waals surface area contributed by atoms with Gasteiger partial charge in [0.2, 0.25) is 0 Å². The predicted molar refractivity (Wildman–Crippen MR) is 99.3 cm³/mol. The Morgan fingerprint density at radius 3 is 2.72 bits per heavy atom. The zero-order valence-electron chi connectivity index (χ0n) is 13.3. The van der Waals surface area contributed by atoms with Crippen molar-refractivity contribution < 1.29 is 14.8 Å². The minimum atomic E-state index is -0.668. The summed E-state index contributed by atoms with van der Waals surface area (Å²) in [5, 5.41) is 27.3. The molecular weight excluding hydrogens is 344 g/mol. The van der Waals surface area contributed by atoms with E-state index in [0.717, 1.165) is 11.4 Å². The maximum absolute atomic E-state index is 10.8. The van der Waals surface area contributed by atoms with Gasteiger partial charge in [0.1, 0.15) is 5.75 Å². The van der Waals surface area contributed by atoms with Crippen molar-refractivity contribution in [3.05, 3.63) is 58.1 Å². The van der Waals surface area contributed by atoms with Gasteiger partial charge in [-0.15, -0.1) is 0 Å². The summed E-state index contributed by atoms with van der Waals surface area (Å²) < 4.78 is 5.35. The van der Waals surface area contributed by atoms with E-state index in [9.17, 15) is 15.2 Å². The van der Waals surface area contributed by atoms with Crippen LogP contribution in [-0.2, 0) is 0 Å². The topological polar surface area (TPSA) is 109 Å². The minimum absolute atomic E-state index is 0.258. The lowest BCUT2D eigenvalue weighted by molar-refractivity contribution is -0.385. The fraction of sp³-hybridized carbons (Fsp3) is 0.125.